The Morgan fingerprint density at radius 3 is 1.79 bits per heavy atom. The van der Waals surface area contributed by atoms with Crippen LogP contribution in [0.4, 0.5) is 0 Å². The minimum absolute atomic E-state index is 0.0758. The molecule has 0 amide bonds. The lowest BCUT2D eigenvalue weighted by molar-refractivity contribution is -0.130. The van der Waals surface area contributed by atoms with E-state index in [1.165, 1.54) is 37.3 Å². The van der Waals surface area contributed by atoms with Crippen LogP contribution in [0.5, 0.6) is 17.2 Å². The summed E-state index contributed by atoms with van der Waals surface area (Å²) in [7, 11) is 1.57. The Kier molecular flexibility index (Phi) is 8.13. The van der Waals surface area contributed by atoms with E-state index in [2.05, 4.69) is 0 Å². The number of hydrogen-bond acceptors (Lipinski definition) is 6. The fourth-order valence-electron chi connectivity index (χ4n) is 2.95. The summed E-state index contributed by atoms with van der Waals surface area (Å²) in [4.78, 5) is 36.5. The van der Waals surface area contributed by atoms with Crippen molar-refractivity contribution in [3.05, 3.63) is 101 Å². The van der Waals surface area contributed by atoms with Gasteiger partial charge >= 0.3 is 11.9 Å². The van der Waals surface area contributed by atoms with Crippen LogP contribution in [-0.2, 0) is 9.59 Å². The quantitative estimate of drug-likeness (QED) is 0.194. The van der Waals surface area contributed by atoms with Gasteiger partial charge in [0.25, 0.3) is 0 Å². The molecular weight excluding hydrogens is 432 g/mol. The maximum Gasteiger partial charge on any atom is 0.336 e. The summed E-state index contributed by atoms with van der Waals surface area (Å²) in [6.07, 6.45) is 5.79. The van der Waals surface area contributed by atoms with E-state index < -0.39 is 11.9 Å². The highest BCUT2D eigenvalue weighted by Gasteiger charge is 2.14. The monoisotopic (exact) mass is 456 g/mol. The standard InChI is InChI=1S/C28H24O6/c1-19-4-6-21(7-5-19)10-16-27(30)33-24-14-15-26(25(18-24)20(2)29)34-28(31)17-11-22-8-12-23(32-3)13-9-22/h4-18H,1-3H3/b16-10+,17-11+. The summed E-state index contributed by atoms with van der Waals surface area (Å²) in [5.74, 6) is -0.636. The molecule has 3 rings (SSSR count). The topological polar surface area (TPSA) is 78.9 Å². The number of ether oxygens (including phenoxy) is 3. The molecule has 0 unspecified atom stereocenters. The molecule has 0 saturated heterocycles. The molecule has 0 aliphatic carbocycles. The fraction of sp³-hybridized carbons (Fsp3) is 0.107. The van der Waals surface area contributed by atoms with E-state index in [1.54, 1.807) is 43.5 Å². The van der Waals surface area contributed by atoms with Gasteiger partial charge in [0.15, 0.2) is 5.78 Å². The zero-order valence-corrected chi connectivity index (χ0v) is 19.1. The molecule has 6 nitrogen and oxygen atoms in total. The van der Waals surface area contributed by atoms with E-state index in [1.807, 2.05) is 31.2 Å². The van der Waals surface area contributed by atoms with E-state index >= 15 is 0 Å². The molecule has 0 saturated carbocycles. The molecule has 0 bridgehead atoms. The lowest BCUT2D eigenvalue weighted by atomic mass is 10.1. The van der Waals surface area contributed by atoms with Crippen LogP contribution < -0.4 is 14.2 Å². The van der Waals surface area contributed by atoms with Gasteiger partial charge in [-0.25, -0.2) is 9.59 Å². The molecule has 3 aromatic rings. The van der Waals surface area contributed by atoms with Gasteiger partial charge in [-0.15, -0.1) is 0 Å². The van der Waals surface area contributed by atoms with Crippen molar-refractivity contribution in [3.63, 3.8) is 0 Å². The van der Waals surface area contributed by atoms with E-state index in [0.29, 0.717) is 5.75 Å². The molecule has 3 aromatic carbocycles. The number of carbonyl (C=O) groups excluding carboxylic acids is 3. The number of esters is 2. The average molecular weight is 456 g/mol. The Balaban J connectivity index is 1.66. The van der Waals surface area contributed by atoms with Gasteiger partial charge in [0.05, 0.1) is 12.7 Å². The third-order valence-electron chi connectivity index (χ3n) is 4.78. The minimum atomic E-state index is -0.649. The van der Waals surface area contributed by atoms with Gasteiger partial charge < -0.3 is 14.2 Å². The number of methoxy groups -OCH3 is 1. The summed E-state index contributed by atoms with van der Waals surface area (Å²) < 4.78 is 15.7. The summed E-state index contributed by atoms with van der Waals surface area (Å²) in [6, 6.07) is 19.0. The van der Waals surface area contributed by atoms with Gasteiger partial charge in [-0.3, -0.25) is 4.79 Å². The first-order valence-electron chi connectivity index (χ1n) is 10.5. The SMILES string of the molecule is COc1ccc(/C=C/C(=O)Oc2ccc(OC(=O)/C=C/c3ccc(C)cc3)cc2C(C)=O)cc1. The molecule has 0 radical (unpaired) electrons. The maximum absolute atomic E-state index is 12.2. The molecule has 0 aliphatic rings. The van der Waals surface area contributed by atoms with Crippen LogP contribution in [0.3, 0.4) is 0 Å². The van der Waals surface area contributed by atoms with Gasteiger partial charge in [-0.05, 0) is 67.5 Å². The Morgan fingerprint density at radius 1 is 0.706 bits per heavy atom. The number of carbonyl (C=O) groups is 3. The normalized spacial score (nSPS) is 10.9. The second-order valence-electron chi connectivity index (χ2n) is 7.41. The van der Waals surface area contributed by atoms with Crippen molar-refractivity contribution in [3.8, 4) is 17.2 Å². The van der Waals surface area contributed by atoms with E-state index in [0.717, 1.165) is 16.7 Å². The van der Waals surface area contributed by atoms with Crippen LogP contribution in [0.15, 0.2) is 78.9 Å². The second-order valence-corrected chi connectivity index (χ2v) is 7.41. The van der Waals surface area contributed by atoms with Gasteiger partial charge in [0.2, 0.25) is 0 Å². The third kappa shape index (κ3) is 7.03. The van der Waals surface area contributed by atoms with Crippen LogP contribution in [-0.4, -0.2) is 24.8 Å². The van der Waals surface area contributed by atoms with Crippen LogP contribution in [0.1, 0.15) is 34.0 Å². The lowest BCUT2D eigenvalue weighted by Crippen LogP contribution is -2.09. The molecule has 0 spiro atoms. The molecule has 0 aromatic heterocycles. The molecular formula is C28H24O6. The van der Waals surface area contributed by atoms with Crippen molar-refractivity contribution >= 4 is 29.9 Å². The lowest BCUT2D eigenvalue weighted by Gasteiger charge is -2.09. The van der Waals surface area contributed by atoms with Gasteiger partial charge in [-0.2, -0.15) is 0 Å². The molecule has 172 valence electrons. The highest BCUT2D eigenvalue weighted by atomic mass is 16.5. The predicted molar refractivity (Wildman–Crippen MR) is 130 cm³/mol. The van der Waals surface area contributed by atoms with Crippen LogP contribution in [0.25, 0.3) is 12.2 Å². The first-order valence-corrected chi connectivity index (χ1v) is 10.5. The van der Waals surface area contributed by atoms with Crippen molar-refractivity contribution < 1.29 is 28.6 Å². The highest BCUT2D eigenvalue weighted by molar-refractivity contribution is 5.99. The van der Waals surface area contributed by atoms with E-state index in [-0.39, 0.29) is 22.8 Å². The Hall–Kier alpha value is -4.45. The molecule has 0 N–H and O–H groups in total. The molecule has 0 heterocycles. The first-order chi connectivity index (χ1) is 16.3. The number of ketones is 1. The number of benzene rings is 3. The van der Waals surface area contributed by atoms with Crippen molar-refractivity contribution in [1.82, 2.24) is 0 Å². The summed E-state index contributed by atoms with van der Waals surface area (Å²) in [5.41, 5.74) is 2.88. The average Bonchev–Trinajstić information content (AvgIpc) is 2.83. The van der Waals surface area contributed by atoms with E-state index in [4.69, 9.17) is 14.2 Å². The summed E-state index contributed by atoms with van der Waals surface area (Å²) in [6.45, 7) is 3.31. The van der Waals surface area contributed by atoms with Gasteiger partial charge in [0, 0.05) is 12.2 Å². The Bertz CT molecular complexity index is 1230. The third-order valence-corrected chi connectivity index (χ3v) is 4.78. The summed E-state index contributed by atoms with van der Waals surface area (Å²) >= 11 is 0. The van der Waals surface area contributed by atoms with Crippen LogP contribution in [0, 0.1) is 6.92 Å². The summed E-state index contributed by atoms with van der Waals surface area (Å²) in [5, 5.41) is 0. The van der Waals surface area contributed by atoms with Crippen molar-refractivity contribution in [2.75, 3.05) is 7.11 Å². The number of hydrogen-bond donors (Lipinski definition) is 0. The van der Waals surface area contributed by atoms with Gasteiger partial charge in [-0.1, -0.05) is 42.0 Å². The molecule has 6 heteroatoms. The fourth-order valence-corrected chi connectivity index (χ4v) is 2.95. The highest BCUT2D eigenvalue weighted by Crippen LogP contribution is 2.25. The van der Waals surface area contributed by atoms with Crippen molar-refractivity contribution in [2.24, 2.45) is 0 Å². The second kappa shape index (κ2) is 11.4. The first kappa shape index (κ1) is 24.2. The Labute approximate surface area is 198 Å². The molecule has 0 fully saturated rings. The zero-order valence-electron chi connectivity index (χ0n) is 19.1. The molecule has 0 atom stereocenters. The van der Waals surface area contributed by atoms with Crippen LogP contribution in [0.2, 0.25) is 0 Å². The zero-order chi connectivity index (χ0) is 24.5. The number of aryl methyl sites for hydroxylation is 1. The Morgan fingerprint density at radius 2 is 1.24 bits per heavy atom. The minimum Gasteiger partial charge on any atom is -0.497 e. The van der Waals surface area contributed by atoms with Crippen LogP contribution >= 0.6 is 0 Å². The smallest absolute Gasteiger partial charge is 0.336 e. The van der Waals surface area contributed by atoms with Crippen molar-refractivity contribution in [2.45, 2.75) is 13.8 Å². The van der Waals surface area contributed by atoms with E-state index in [9.17, 15) is 14.4 Å². The maximum atomic E-state index is 12.2. The molecule has 34 heavy (non-hydrogen) atoms. The molecule has 0 aliphatic heterocycles. The van der Waals surface area contributed by atoms with Crippen molar-refractivity contribution in [1.29, 1.82) is 0 Å². The van der Waals surface area contributed by atoms with Gasteiger partial charge in [0.1, 0.15) is 17.2 Å². The largest absolute Gasteiger partial charge is 0.497 e. The predicted octanol–water partition coefficient (Wildman–Crippen LogP) is 5.44. The number of Topliss-reactive ketones (excluding diaryl/α,β-unsaturated/α-hetero) is 1. The number of rotatable bonds is 8.